The number of halogens is 2. The van der Waals surface area contributed by atoms with Crippen molar-refractivity contribution in [2.45, 2.75) is 6.04 Å². The van der Waals surface area contributed by atoms with Gasteiger partial charge < -0.3 is 10.6 Å². The van der Waals surface area contributed by atoms with Crippen molar-refractivity contribution < 1.29 is 8.78 Å². The number of hydrogen-bond acceptors (Lipinski definition) is 3. The van der Waals surface area contributed by atoms with E-state index in [1.807, 2.05) is 0 Å². The van der Waals surface area contributed by atoms with Crippen LogP contribution < -0.4 is 10.6 Å². The van der Waals surface area contributed by atoms with E-state index in [-0.39, 0.29) is 17.7 Å². The van der Waals surface area contributed by atoms with Crippen LogP contribution in [0.25, 0.3) is 0 Å². The van der Waals surface area contributed by atoms with Crippen molar-refractivity contribution in [1.29, 1.82) is 0 Å². The van der Waals surface area contributed by atoms with Gasteiger partial charge in [0.05, 0.1) is 12.6 Å². The highest BCUT2D eigenvalue weighted by Crippen LogP contribution is 2.32. The van der Waals surface area contributed by atoms with Gasteiger partial charge in [-0.05, 0) is 30.3 Å². The molecule has 0 aromatic heterocycles. The second kappa shape index (κ2) is 4.92. The lowest BCUT2D eigenvalue weighted by molar-refractivity contribution is 0.589. The molecule has 0 fully saturated rings. The molecule has 5 heteroatoms. The lowest BCUT2D eigenvalue weighted by Crippen LogP contribution is -2.36. The van der Waals surface area contributed by atoms with Gasteiger partial charge in [-0.1, -0.05) is 18.2 Å². The van der Waals surface area contributed by atoms with Gasteiger partial charge in [-0.15, -0.1) is 0 Å². The number of rotatable bonds is 2. The first kappa shape index (κ1) is 12.6. The van der Waals surface area contributed by atoms with Crippen LogP contribution in [0.5, 0.6) is 0 Å². The quantitative estimate of drug-likeness (QED) is 0.914. The summed E-state index contributed by atoms with van der Waals surface area (Å²) in [5.74, 6) is -0.315. The topological polar surface area (TPSA) is 41.6 Å². The van der Waals surface area contributed by atoms with Crippen molar-refractivity contribution >= 4 is 11.6 Å². The number of nitrogens with zero attached hydrogens (tertiary/aromatic N) is 2. The predicted octanol–water partition coefficient (Wildman–Crippen LogP) is 2.84. The van der Waals surface area contributed by atoms with Crippen LogP contribution in [0, 0.1) is 11.6 Å². The van der Waals surface area contributed by atoms with E-state index in [2.05, 4.69) is 4.99 Å². The largest absolute Gasteiger partial charge is 0.369 e. The number of anilines is 1. The van der Waals surface area contributed by atoms with Crippen LogP contribution in [0.3, 0.4) is 0 Å². The second-order valence-corrected chi connectivity index (χ2v) is 4.58. The smallest absolute Gasteiger partial charge is 0.196 e. The van der Waals surface area contributed by atoms with Crippen molar-refractivity contribution in [3.63, 3.8) is 0 Å². The van der Waals surface area contributed by atoms with Crippen LogP contribution in [0.4, 0.5) is 14.5 Å². The first-order valence-corrected chi connectivity index (χ1v) is 6.26. The van der Waals surface area contributed by atoms with Crippen LogP contribution in [-0.2, 0) is 0 Å². The average Bonchev–Trinajstić information content (AvgIpc) is 2.82. The van der Waals surface area contributed by atoms with Crippen molar-refractivity contribution in [2.24, 2.45) is 10.7 Å². The molecule has 0 amide bonds. The maximum Gasteiger partial charge on any atom is 0.196 e. The van der Waals surface area contributed by atoms with E-state index in [0.717, 1.165) is 0 Å². The van der Waals surface area contributed by atoms with Gasteiger partial charge in [-0.2, -0.15) is 0 Å². The second-order valence-electron chi connectivity index (χ2n) is 4.58. The monoisotopic (exact) mass is 273 g/mol. The van der Waals surface area contributed by atoms with Gasteiger partial charge in [0, 0.05) is 11.3 Å². The Labute approximate surface area is 115 Å². The highest BCUT2D eigenvalue weighted by Gasteiger charge is 2.30. The minimum Gasteiger partial charge on any atom is -0.369 e. The molecule has 1 aliphatic heterocycles. The Morgan fingerprint density at radius 3 is 2.45 bits per heavy atom. The van der Waals surface area contributed by atoms with Gasteiger partial charge in [0.1, 0.15) is 11.6 Å². The number of hydrogen-bond donors (Lipinski definition) is 1. The molecular weight excluding hydrogens is 260 g/mol. The van der Waals surface area contributed by atoms with Gasteiger partial charge in [0.25, 0.3) is 0 Å². The number of guanidine groups is 1. The molecule has 1 unspecified atom stereocenters. The molecule has 0 radical (unpaired) electrons. The maximum atomic E-state index is 13.9. The molecule has 3 rings (SSSR count). The van der Waals surface area contributed by atoms with E-state index in [4.69, 9.17) is 5.73 Å². The Morgan fingerprint density at radius 1 is 1.05 bits per heavy atom. The van der Waals surface area contributed by atoms with Crippen molar-refractivity contribution in [3.05, 3.63) is 65.7 Å². The van der Waals surface area contributed by atoms with E-state index in [1.54, 1.807) is 35.2 Å². The van der Waals surface area contributed by atoms with E-state index < -0.39 is 0 Å². The summed E-state index contributed by atoms with van der Waals surface area (Å²) in [5.41, 5.74) is 7.11. The molecule has 1 atom stereocenters. The van der Waals surface area contributed by atoms with Crippen molar-refractivity contribution in [3.8, 4) is 0 Å². The summed E-state index contributed by atoms with van der Waals surface area (Å²) in [7, 11) is 0. The molecule has 2 N–H and O–H groups in total. The third-order valence-electron chi connectivity index (χ3n) is 3.35. The molecule has 0 aliphatic carbocycles. The van der Waals surface area contributed by atoms with Crippen LogP contribution in [0.1, 0.15) is 11.6 Å². The van der Waals surface area contributed by atoms with E-state index in [1.165, 1.54) is 18.2 Å². The summed E-state index contributed by atoms with van der Waals surface area (Å²) in [6.07, 6.45) is 0. The Kier molecular flexibility index (Phi) is 3.10. The Balaban J connectivity index is 2.01. The van der Waals surface area contributed by atoms with Gasteiger partial charge in [0.2, 0.25) is 0 Å². The number of benzene rings is 2. The summed E-state index contributed by atoms with van der Waals surface area (Å²) in [6.45, 7) is 0.379. The third-order valence-corrected chi connectivity index (χ3v) is 3.35. The lowest BCUT2D eigenvalue weighted by Gasteiger charge is -2.26. The Morgan fingerprint density at radius 2 is 1.75 bits per heavy atom. The Hall–Kier alpha value is -2.43. The zero-order chi connectivity index (χ0) is 14.1. The normalized spacial score (nSPS) is 18.2. The molecule has 2 aromatic rings. The SMILES string of the molecule is NC1=NCC(c2ccccc2F)N1c1ccc(F)cc1. The predicted molar refractivity (Wildman–Crippen MR) is 74.5 cm³/mol. The lowest BCUT2D eigenvalue weighted by atomic mass is 10.0. The minimum atomic E-state index is -0.328. The summed E-state index contributed by atoms with van der Waals surface area (Å²) >= 11 is 0. The zero-order valence-corrected chi connectivity index (χ0v) is 10.6. The molecule has 0 saturated carbocycles. The van der Waals surface area contributed by atoms with E-state index in [9.17, 15) is 8.78 Å². The molecular formula is C15H13F2N3. The average molecular weight is 273 g/mol. The molecule has 2 aromatic carbocycles. The van der Waals surface area contributed by atoms with Gasteiger partial charge >= 0.3 is 0 Å². The summed E-state index contributed by atoms with van der Waals surface area (Å²) in [6, 6.07) is 12.1. The van der Waals surface area contributed by atoms with E-state index in [0.29, 0.717) is 23.8 Å². The molecule has 1 heterocycles. The van der Waals surface area contributed by atoms with E-state index >= 15 is 0 Å². The third kappa shape index (κ3) is 2.11. The fraction of sp³-hybridized carbons (Fsp3) is 0.133. The molecule has 102 valence electrons. The molecule has 3 nitrogen and oxygen atoms in total. The van der Waals surface area contributed by atoms with Gasteiger partial charge in [-0.25, -0.2) is 8.78 Å². The Bertz CT molecular complexity index is 652. The fourth-order valence-electron chi connectivity index (χ4n) is 2.39. The summed E-state index contributed by atoms with van der Waals surface area (Å²) < 4.78 is 27.0. The summed E-state index contributed by atoms with van der Waals surface area (Å²) in [4.78, 5) is 5.90. The van der Waals surface area contributed by atoms with Gasteiger partial charge in [-0.3, -0.25) is 4.99 Å². The first-order valence-electron chi connectivity index (χ1n) is 6.26. The fourth-order valence-corrected chi connectivity index (χ4v) is 2.39. The molecule has 20 heavy (non-hydrogen) atoms. The van der Waals surface area contributed by atoms with Crippen LogP contribution >= 0.6 is 0 Å². The molecule has 0 spiro atoms. The molecule has 0 saturated heterocycles. The molecule has 0 bridgehead atoms. The number of aliphatic imine (C=N–C) groups is 1. The highest BCUT2D eigenvalue weighted by molar-refractivity contribution is 5.97. The van der Waals surface area contributed by atoms with Crippen LogP contribution in [-0.4, -0.2) is 12.5 Å². The van der Waals surface area contributed by atoms with Crippen molar-refractivity contribution in [2.75, 3.05) is 11.4 Å². The zero-order valence-electron chi connectivity index (χ0n) is 10.6. The van der Waals surface area contributed by atoms with Crippen molar-refractivity contribution in [1.82, 2.24) is 0 Å². The minimum absolute atomic E-state index is 0.297. The number of nitrogens with two attached hydrogens (primary N) is 1. The summed E-state index contributed by atoms with van der Waals surface area (Å²) in [5, 5.41) is 0. The first-order chi connectivity index (χ1) is 9.66. The van der Waals surface area contributed by atoms with Crippen LogP contribution in [0.2, 0.25) is 0 Å². The standard InChI is InChI=1S/C15H13F2N3/c16-10-5-7-11(8-6-10)20-14(9-19-15(20)18)12-3-1-2-4-13(12)17/h1-8,14H,9H2,(H2,18,19). The maximum absolute atomic E-state index is 13.9. The molecule has 1 aliphatic rings. The van der Waals surface area contributed by atoms with Gasteiger partial charge in [0.15, 0.2) is 5.96 Å². The highest BCUT2D eigenvalue weighted by atomic mass is 19.1. The van der Waals surface area contributed by atoms with Crippen LogP contribution in [0.15, 0.2) is 53.5 Å².